The van der Waals surface area contributed by atoms with Gasteiger partial charge in [-0.1, -0.05) is 6.07 Å². The fourth-order valence-corrected chi connectivity index (χ4v) is 1.01. The lowest BCUT2D eigenvalue weighted by Gasteiger charge is -2.05. The normalized spacial score (nSPS) is 12.6. The number of Topliss-reactive ketones (excluding diaryl/α,β-unsaturated/α-hetero) is 1. The summed E-state index contributed by atoms with van der Waals surface area (Å²) in [6.07, 6.45) is -0.0935. The molecule has 2 N–H and O–H groups in total. The summed E-state index contributed by atoms with van der Waals surface area (Å²) in [6, 6.07) is 2.50. The van der Waals surface area contributed by atoms with Gasteiger partial charge in [-0.3, -0.25) is 4.79 Å². The highest BCUT2D eigenvalue weighted by Gasteiger charge is 2.12. The first-order valence-electron chi connectivity index (χ1n) is 4.23. The Balaban J connectivity index is 2.82. The van der Waals surface area contributed by atoms with Gasteiger partial charge in [0.1, 0.15) is 11.6 Å². The molecule has 0 saturated carbocycles. The topological polar surface area (TPSA) is 43.1 Å². The zero-order valence-corrected chi connectivity index (χ0v) is 7.76. The van der Waals surface area contributed by atoms with E-state index in [0.29, 0.717) is 0 Å². The molecule has 0 radical (unpaired) electrons. The lowest BCUT2D eigenvalue weighted by molar-refractivity contribution is -0.119. The standard InChI is InChI=1S/C10H11F2NO/c1-6(13)10(14)4-7-2-3-8(11)5-9(7)12/h2-3,5-6H,4,13H2,1H3. The van der Waals surface area contributed by atoms with E-state index in [9.17, 15) is 13.6 Å². The molecule has 0 spiro atoms. The van der Waals surface area contributed by atoms with Gasteiger partial charge in [-0.05, 0) is 18.6 Å². The maximum absolute atomic E-state index is 13.0. The van der Waals surface area contributed by atoms with Crippen LogP contribution in [0.2, 0.25) is 0 Å². The lowest BCUT2D eigenvalue weighted by atomic mass is 10.0. The first-order chi connectivity index (χ1) is 6.50. The van der Waals surface area contributed by atoms with Crippen LogP contribution in [0, 0.1) is 11.6 Å². The number of ketones is 1. The van der Waals surface area contributed by atoms with Crippen LogP contribution >= 0.6 is 0 Å². The Hall–Kier alpha value is -1.29. The van der Waals surface area contributed by atoms with Crippen LogP contribution in [0.25, 0.3) is 0 Å². The second-order valence-corrected chi connectivity index (χ2v) is 3.17. The van der Waals surface area contributed by atoms with Crippen LogP contribution in [0.4, 0.5) is 8.78 Å². The second-order valence-electron chi connectivity index (χ2n) is 3.17. The minimum Gasteiger partial charge on any atom is -0.322 e. The summed E-state index contributed by atoms with van der Waals surface area (Å²) in [5.41, 5.74) is 5.49. The van der Waals surface area contributed by atoms with Gasteiger partial charge < -0.3 is 5.73 Å². The molecule has 1 aromatic carbocycles. The molecule has 1 aromatic rings. The summed E-state index contributed by atoms with van der Waals surface area (Å²) in [6.45, 7) is 1.53. The van der Waals surface area contributed by atoms with Gasteiger partial charge in [0, 0.05) is 12.5 Å². The number of carbonyl (C=O) groups is 1. The number of nitrogens with two attached hydrogens (primary N) is 1. The van der Waals surface area contributed by atoms with Crippen molar-refractivity contribution >= 4 is 5.78 Å². The third kappa shape index (κ3) is 2.60. The van der Waals surface area contributed by atoms with E-state index in [-0.39, 0.29) is 17.8 Å². The van der Waals surface area contributed by atoms with Gasteiger partial charge in [0.05, 0.1) is 6.04 Å². The molecule has 0 heterocycles. The Bertz CT molecular complexity index is 350. The van der Waals surface area contributed by atoms with Crippen molar-refractivity contribution < 1.29 is 13.6 Å². The Morgan fingerprint density at radius 3 is 2.64 bits per heavy atom. The molecule has 76 valence electrons. The molecular weight excluding hydrogens is 188 g/mol. The molecule has 0 fully saturated rings. The van der Waals surface area contributed by atoms with E-state index in [1.807, 2.05) is 0 Å². The number of hydrogen-bond acceptors (Lipinski definition) is 2. The molecular formula is C10H11F2NO. The lowest BCUT2D eigenvalue weighted by Crippen LogP contribution is -2.28. The molecule has 2 nitrogen and oxygen atoms in total. The minimum atomic E-state index is -0.709. The molecule has 0 aliphatic heterocycles. The number of hydrogen-bond donors (Lipinski definition) is 1. The van der Waals surface area contributed by atoms with E-state index in [4.69, 9.17) is 5.73 Å². The monoisotopic (exact) mass is 199 g/mol. The Kier molecular flexibility index (Phi) is 3.30. The third-order valence-corrected chi connectivity index (χ3v) is 1.89. The van der Waals surface area contributed by atoms with Crippen LogP contribution in [0.15, 0.2) is 18.2 Å². The van der Waals surface area contributed by atoms with Crippen molar-refractivity contribution in [2.45, 2.75) is 19.4 Å². The van der Waals surface area contributed by atoms with E-state index in [1.54, 1.807) is 0 Å². The number of halogens is 2. The zero-order valence-electron chi connectivity index (χ0n) is 7.76. The molecule has 0 saturated heterocycles. The van der Waals surface area contributed by atoms with E-state index < -0.39 is 17.7 Å². The highest BCUT2D eigenvalue weighted by Crippen LogP contribution is 2.10. The van der Waals surface area contributed by atoms with Gasteiger partial charge in [0.15, 0.2) is 5.78 Å². The predicted octanol–water partition coefficient (Wildman–Crippen LogP) is 1.42. The van der Waals surface area contributed by atoms with Crippen molar-refractivity contribution in [2.24, 2.45) is 5.73 Å². The maximum Gasteiger partial charge on any atom is 0.153 e. The van der Waals surface area contributed by atoms with Crippen molar-refractivity contribution in [1.29, 1.82) is 0 Å². The smallest absolute Gasteiger partial charge is 0.153 e. The Morgan fingerprint density at radius 1 is 1.50 bits per heavy atom. The summed E-state index contributed by atoms with van der Waals surface area (Å²) < 4.78 is 25.5. The molecule has 0 amide bonds. The van der Waals surface area contributed by atoms with E-state index in [0.717, 1.165) is 12.1 Å². The van der Waals surface area contributed by atoms with Crippen LogP contribution in [-0.4, -0.2) is 11.8 Å². The number of benzene rings is 1. The van der Waals surface area contributed by atoms with Crippen molar-refractivity contribution in [1.82, 2.24) is 0 Å². The van der Waals surface area contributed by atoms with Gasteiger partial charge >= 0.3 is 0 Å². The van der Waals surface area contributed by atoms with Crippen LogP contribution in [0.5, 0.6) is 0 Å². The quantitative estimate of drug-likeness (QED) is 0.800. The molecule has 0 bridgehead atoms. The summed E-state index contributed by atoms with van der Waals surface area (Å²) in [4.78, 5) is 11.2. The minimum absolute atomic E-state index is 0.0935. The summed E-state index contributed by atoms with van der Waals surface area (Å²) in [5.74, 6) is -1.63. The average Bonchev–Trinajstić information content (AvgIpc) is 2.09. The highest BCUT2D eigenvalue weighted by molar-refractivity contribution is 5.85. The fourth-order valence-electron chi connectivity index (χ4n) is 1.01. The first kappa shape index (κ1) is 10.8. The molecule has 4 heteroatoms. The molecule has 0 aliphatic carbocycles. The second kappa shape index (κ2) is 4.28. The van der Waals surface area contributed by atoms with Gasteiger partial charge in [-0.15, -0.1) is 0 Å². The highest BCUT2D eigenvalue weighted by atomic mass is 19.1. The van der Waals surface area contributed by atoms with Crippen molar-refractivity contribution in [3.8, 4) is 0 Å². The summed E-state index contributed by atoms with van der Waals surface area (Å²) in [5, 5.41) is 0. The van der Waals surface area contributed by atoms with E-state index in [2.05, 4.69) is 0 Å². The molecule has 14 heavy (non-hydrogen) atoms. The maximum atomic E-state index is 13.0. The summed E-state index contributed by atoms with van der Waals surface area (Å²) in [7, 11) is 0. The van der Waals surface area contributed by atoms with Gasteiger partial charge in [-0.25, -0.2) is 8.78 Å². The number of rotatable bonds is 3. The molecule has 1 atom stereocenters. The van der Waals surface area contributed by atoms with Crippen molar-refractivity contribution in [3.05, 3.63) is 35.4 Å². The van der Waals surface area contributed by atoms with E-state index in [1.165, 1.54) is 13.0 Å². The van der Waals surface area contributed by atoms with Gasteiger partial charge in [0.2, 0.25) is 0 Å². The Morgan fingerprint density at radius 2 is 2.14 bits per heavy atom. The molecule has 0 aliphatic rings. The first-order valence-corrected chi connectivity index (χ1v) is 4.23. The zero-order chi connectivity index (χ0) is 10.7. The molecule has 1 rings (SSSR count). The molecule has 1 unspecified atom stereocenters. The van der Waals surface area contributed by atoms with Crippen LogP contribution < -0.4 is 5.73 Å². The van der Waals surface area contributed by atoms with Crippen LogP contribution in [-0.2, 0) is 11.2 Å². The Labute approximate surface area is 80.7 Å². The number of carbonyl (C=O) groups excluding carboxylic acids is 1. The summed E-state index contributed by atoms with van der Waals surface area (Å²) >= 11 is 0. The average molecular weight is 199 g/mol. The van der Waals surface area contributed by atoms with Crippen LogP contribution in [0.1, 0.15) is 12.5 Å². The predicted molar refractivity (Wildman–Crippen MR) is 48.7 cm³/mol. The SMILES string of the molecule is CC(N)C(=O)Cc1ccc(F)cc1F. The van der Waals surface area contributed by atoms with Gasteiger partial charge in [-0.2, -0.15) is 0 Å². The largest absolute Gasteiger partial charge is 0.322 e. The molecule has 0 aromatic heterocycles. The van der Waals surface area contributed by atoms with Crippen molar-refractivity contribution in [2.75, 3.05) is 0 Å². The fraction of sp³-hybridized carbons (Fsp3) is 0.300. The van der Waals surface area contributed by atoms with Crippen LogP contribution in [0.3, 0.4) is 0 Å². The third-order valence-electron chi connectivity index (χ3n) is 1.89. The van der Waals surface area contributed by atoms with Crippen molar-refractivity contribution in [3.63, 3.8) is 0 Å². The van der Waals surface area contributed by atoms with Gasteiger partial charge in [0.25, 0.3) is 0 Å². The van der Waals surface area contributed by atoms with E-state index >= 15 is 0 Å².